The predicted octanol–water partition coefficient (Wildman–Crippen LogP) is 3.28. The molecule has 0 saturated carbocycles. The zero-order valence-electron chi connectivity index (χ0n) is 19.5. The minimum atomic E-state index is -0.692. The number of aryl methyl sites for hydroxylation is 1. The van der Waals surface area contributed by atoms with E-state index in [0.29, 0.717) is 19.7 Å². The number of aliphatic hydroxyl groups is 1. The van der Waals surface area contributed by atoms with E-state index in [0.717, 1.165) is 30.7 Å². The summed E-state index contributed by atoms with van der Waals surface area (Å²) in [6.45, 7) is 6.85. The van der Waals surface area contributed by atoms with Crippen LogP contribution in [0.1, 0.15) is 35.4 Å². The van der Waals surface area contributed by atoms with E-state index in [9.17, 15) is 9.90 Å². The molecule has 33 heavy (non-hydrogen) atoms. The first kappa shape index (κ1) is 25.3. The molecule has 1 aliphatic rings. The third-order valence-electron chi connectivity index (χ3n) is 5.68. The lowest BCUT2D eigenvalue weighted by Gasteiger charge is -2.37. The molecule has 2 aromatic rings. The van der Waals surface area contributed by atoms with E-state index in [2.05, 4.69) is 24.3 Å². The minimum Gasteiger partial charge on any atom is -0.491 e. The normalized spacial score (nSPS) is 16.3. The first-order chi connectivity index (χ1) is 16.0. The number of hydrogen-bond donors (Lipinski definition) is 1. The molecule has 0 radical (unpaired) electrons. The van der Waals surface area contributed by atoms with Crippen molar-refractivity contribution in [3.63, 3.8) is 0 Å². The highest BCUT2D eigenvalue weighted by atomic mass is 32.1. The van der Waals surface area contributed by atoms with E-state index >= 15 is 0 Å². The number of carbonyl (C=O) groups is 1. The van der Waals surface area contributed by atoms with Crippen LogP contribution in [0, 0.1) is 19.3 Å². The molecule has 3 rings (SSSR count). The van der Waals surface area contributed by atoms with Crippen LogP contribution < -0.4 is 4.74 Å². The van der Waals surface area contributed by atoms with Gasteiger partial charge in [-0.05, 0) is 61.0 Å². The van der Waals surface area contributed by atoms with Crippen molar-refractivity contribution in [2.45, 2.75) is 38.8 Å². The largest absolute Gasteiger partial charge is 0.491 e. The molecule has 1 N–H and O–H groups in total. The fraction of sp³-hybridized carbons (Fsp3) is 0.500. The van der Waals surface area contributed by atoms with Gasteiger partial charge in [0.05, 0.1) is 25.3 Å². The molecule has 0 spiro atoms. The number of nitrogens with zero attached hydrogens (tertiary/aromatic N) is 2. The van der Waals surface area contributed by atoms with Crippen LogP contribution in [-0.2, 0) is 16.0 Å². The van der Waals surface area contributed by atoms with Crippen LogP contribution in [0.3, 0.4) is 0 Å². The van der Waals surface area contributed by atoms with Crippen LogP contribution in [0.25, 0.3) is 0 Å². The first-order valence-electron chi connectivity index (χ1n) is 11.5. The van der Waals surface area contributed by atoms with Crippen molar-refractivity contribution in [3.05, 3.63) is 51.7 Å². The van der Waals surface area contributed by atoms with Crippen molar-refractivity contribution >= 4 is 17.2 Å². The monoisotopic (exact) mass is 470 g/mol. The second-order valence-electron chi connectivity index (χ2n) is 8.39. The number of carbonyl (C=O) groups excluding carboxylic acids is 1. The lowest BCUT2D eigenvalue weighted by atomic mass is 10.0. The zero-order chi connectivity index (χ0) is 23.6. The summed E-state index contributed by atoms with van der Waals surface area (Å²) in [5.74, 6) is 3.26. The van der Waals surface area contributed by atoms with Gasteiger partial charge in [0, 0.05) is 18.0 Å². The lowest BCUT2D eigenvalue weighted by Crippen LogP contribution is -2.48. The van der Waals surface area contributed by atoms with E-state index in [1.165, 1.54) is 10.4 Å². The Morgan fingerprint density at radius 1 is 1.42 bits per heavy atom. The molecule has 178 valence electrons. The number of hydrogen-bond acceptors (Lipinski definition) is 6. The third kappa shape index (κ3) is 7.31. The van der Waals surface area contributed by atoms with E-state index in [-0.39, 0.29) is 31.7 Å². The van der Waals surface area contributed by atoms with Crippen molar-refractivity contribution in [2.75, 3.05) is 46.0 Å². The average Bonchev–Trinajstić information content (AvgIpc) is 3.27. The highest BCUT2D eigenvalue weighted by Crippen LogP contribution is 2.34. The second-order valence-corrected chi connectivity index (χ2v) is 9.39. The summed E-state index contributed by atoms with van der Waals surface area (Å²) in [6, 6.07) is 9.96. The predicted molar refractivity (Wildman–Crippen MR) is 132 cm³/mol. The van der Waals surface area contributed by atoms with Crippen molar-refractivity contribution < 1.29 is 19.4 Å². The van der Waals surface area contributed by atoms with Crippen molar-refractivity contribution in [3.8, 4) is 18.1 Å². The summed E-state index contributed by atoms with van der Waals surface area (Å²) in [5.41, 5.74) is 2.32. The summed E-state index contributed by atoms with van der Waals surface area (Å²) in [4.78, 5) is 18.7. The van der Waals surface area contributed by atoms with Crippen LogP contribution in [0.4, 0.5) is 0 Å². The Balaban J connectivity index is 1.67. The molecular formula is C26H34N2O4S. The van der Waals surface area contributed by atoms with E-state index < -0.39 is 6.10 Å². The van der Waals surface area contributed by atoms with E-state index in [1.54, 1.807) is 11.3 Å². The van der Waals surface area contributed by atoms with Gasteiger partial charge >= 0.3 is 0 Å². The van der Waals surface area contributed by atoms with Gasteiger partial charge in [-0.3, -0.25) is 9.69 Å². The van der Waals surface area contributed by atoms with Gasteiger partial charge in [-0.1, -0.05) is 25.0 Å². The molecule has 1 aromatic heterocycles. The maximum atomic E-state index is 13.4. The topological polar surface area (TPSA) is 62.2 Å². The van der Waals surface area contributed by atoms with Crippen LogP contribution >= 0.6 is 11.3 Å². The van der Waals surface area contributed by atoms with Gasteiger partial charge in [0.2, 0.25) is 5.91 Å². The van der Waals surface area contributed by atoms with Crippen molar-refractivity contribution in [1.82, 2.24) is 9.80 Å². The van der Waals surface area contributed by atoms with Gasteiger partial charge in [-0.2, -0.15) is 0 Å². The number of fused-ring (bicyclic) bond motifs is 1. The van der Waals surface area contributed by atoms with Crippen LogP contribution in [0.2, 0.25) is 0 Å². The van der Waals surface area contributed by atoms with Gasteiger partial charge < -0.3 is 19.5 Å². The molecule has 1 aromatic carbocycles. The molecule has 2 heterocycles. The van der Waals surface area contributed by atoms with Crippen LogP contribution in [-0.4, -0.2) is 72.9 Å². The number of thiophene rings is 1. The average molecular weight is 471 g/mol. The van der Waals surface area contributed by atoms with Crippen molar-refractivity contribution in [1.29, 1.82) is 0 Å². The fourth-order valence-electron chi connectivity index (χ4n) is 4.19. The number of benzene rings is 1. The molecule has 7 heteroatoms. The summed E-state index contributed by atoms with van der Waals surface area (Å²) in [5, 5.41) is 12.4. The standard InChI is InChI=1S/C26H34N2O4S/c1-4-11-27(16-21(29)18-31-13-5-2)17-26(30)28-12-9-25-23(10-14-33-25)24(28)19-32-22-8-6-7-20(3)15-22/h2,6-8,10,14-15,21,24,29H,4,9,11-13,16-19H2,1,3H3. The van der Waals surface area contributed by atoms with E-state index in [1.807, 2.05) is 41.0 Å². The molecule has 6 nitrogen and oxygen atoms in total. The van der Waals surface area contributed by atoms with Crippen molar-refractivity contribution in [2.24, 2.45) is 0 Å². The summed E-state index contributed by atoms with van der Waals surface area (Å²) >= 11 is 1.74. The summed E-state index contributed by atoms with van der Waals surface area (Å²) < 4.78 is 11.4. The van der Waals surface area contributed by atoms with Gasteiger partial charge in [-0.15, -0.1) is 17.8 Å². The molecule has 2 unspecified atom stereocenters. The molecule has 0 fully saturated rings. The smallest absolute Gasteiger partial charge is 0.237 e. The first-order valence-corrected chi connectivity index (χ1v) is 12.4. The Morgan fingerprint density at radius 3 is 3.03 bits per heavy atom. The summed E-state index contributed by atoms with van der Waals surface area (Å²) in [7, 11) is 0. The Hall–Kier alpha value is -2.37. The van der Waals surface area contributed by atoms with Gasteiger partial charge in [0.15, 0.2) is 0 Å². The number of amides is 1. The number of rotatable bonds is 12. The number of ether oxygens (including phenoxy) is 2. The molecule has 0 aliphatic carbocycles. The Morgan fingerprint density at radius 2 is 2.27 bits per heavy atom. The highest BCUT2D eigenvalue weighted by Gasteiger charge is 2.33. The zero-order valence-corrected chi connectivity index (χ0v) is 20.4. The summed E-state index contributed by atoms with van der Waals surface area (Å²) in [6.07, 6.45) is 6.25. The van der Waals surface area contributed by atoms with Gasteiger partial charge in [-0.25, -0.2) is 0 Å². The molecule has 0 bridgehead atoms. The quantitative estimate of drug-likeness (QED) is 0.381. The van der Waals surface area contributed by atoms with E-state index in [4.69, 9.17) is 15.9 Å². The highest BCUT2D eigenvalue weighted by molar-refractivity contribution is 7.10. The van der Waals surface area contributed by atoms with Crippen LogP contribution in [0.5, 0.6) is 5.75 Å². The third-order valence-corrected chi connectivity index (χ3v) is 6.67. The number of terminal acetylenes is 1. The SMILES string of the molecule is C#CCOCC(O)CN(CCC)CC(=O)N1CCc2sccc2C1COc1cccc(C)c1. The molecular weight excluding hydrogens is 436 g/mol. The molecule has 0 saturated heterocycles. The fourth-order valence-corrected chi connectivity index (χ4v) is 5.12. The number of aliphatic hydroxyl groups excluding tert-OH is 1. The molecule has 1 aliphatic heterocycles. The maximum Gasteiger partial charge on any atom is 0.237 e. The Bertz CT molecular complexity index is 938. The molecule has 2 atom stereocenters. The van der Waals surface area contributed by atoms with Crippen LogP contribution in [0.15, 0.2) is 35.7 Å². The maximum absolute atomic E-state index is 13.4. The second kappa shape index (κ2) is 12.8. The van der Waals surface area contributed by atoms with Gasteiger partial charge in [0.25, 0.3) is 0 Å². The Kier molecular flexibility index (Phi) is 9.76. The molecule has 1 amide bonds. The lowest BCUT2D eigenvalue weighted by molar-refractivity contribution is -0.136. The Labute approximate surface area is 201 Å². The minimum absolute atomic E-state index is 0.0508. The van der Waals surface area contributed by atoms with Gasteiger partial charge in [0.1, 0.15) is 19.0 Å².